The van der Waals surface area contributed by atoms with Crippen LogP contribution >= 0.6 is 0 Å². The van der Waals surface area contributed by atoms with Crippen molar-refractivity contribution < 1.29 is 0 Å². The average Bonchev–Trinajstić information content (AvgIpc) is 3.21. The molecular formula is C48H32N2. The molecular weight excluding hydrogens is 605 g/mol. The van der Waals surface area contributed by atoms with E-state index < -0.39 is 0 Å². The Morgan fingerprint density at radius 1 is 0.280 bits per heavy atom. The van der Waals surface area contributed by atoms with E-state index in [1.807, 2.05) is 12.3 Å². The molecule has 0 unspecified atom stereocenters. The second kappa shape index (κ2) is 12.8. The van der Waals surface area contributed by atoms with Crippen LogP contribution in [0.3, 0.4) is 0 Å². The Kier molecular flexibility index (Phi) is 7.53. The van der Waals surface area contributed by atoms with Gasteiger partial charge in [-0.1, -0.05) is 158 Å². The largest absolute Gasteiger partial charge is 0.254 e. The van der Waals surface area contributed by atoms with Crippen LogP contribution in [-0.2, 0) is 0 Å². The molecule has 0 saturated heterocycles. The summed E-state index contributed by atoms with van der Waals surface area (Å²) in [5.74, 6) is 0. The highest BCUT2D eigenvalue weighted by atomic mass is 14.8. The Morgan fingerprint density at radius 2 is 0.680 bits per heavy atom. The molecule has 0 fully saturated rings. The number of pyridine rings is 2. The first-order valence-corrected chi connectivity index (χ1v) is 17.0. The van der Waals surface area contributed by atoms with Crippen molar-refractivity contribution in [1.82, 2.24) is 9.97 Å². The molecule has 2 aromatic heterocycles. The van der Waals surface area contributed by atoms with Crippen LogP contribution in [0.15, 0.2) is 194 Å². The maximum Gasteiger partial charge on any atom is 0.0972 e. The highest BCUT2D eigenvalue weighted by Gasteiger charge is 2.13. The maximum absolute atomic E-state index is 5.08. The predicted octanol–water partition coefficient (Wildman–Crippen LogP) is 12.8. The fourth-order valence-electron chi connectivity index (χ4n) is 6.90. The summed E-state index contributed by atoms with van der Waals surface area (Å²) in [7, 11) is 0. The van der Waals surface area contributed by atoms with Gasteiger partial charge in [-0.15, -0.1) is 0 Å². The molecule has 0 bridgehead atoms. The highest BCUT2D eigenvalue weighted by molar-refractivity contribution is 6.10. The zero-order valence-corrected chi connectivity index (χ0v) is 27.4. The van der Waals surface area contributed by atoms with E-state index in [0.717, 1.165) is 49.9 Å². The van der Waals surface area contributed by atoms with Crippen LogP contribution in [0.4, 0.5) is 0 Å². The quantitative estimate of drug-likeness (QED) is 0.170. The smallest absolute Gasteiger partial charge is 0.0972 e. The molecule has 7 aromatic carbocycles. The monoisotopic (exact) mass is 636 g/mol. The standard InChI is InChI=1S/C48H32N2/c1-3-11-33(12-4-1)35-19-23-37(24-20-35)40-29-41(38-25-21-36(22-26-38)34-13-5-2-6-14-34)31-42(30-40)39-27-28-47(49-32-39)48-45-17-8-7-15-43(45)44-16-9-10-18-46(44)50-48/h1-32H. The number of hydrogen-bond donors (Lipinski definition) is 0. The number of aromatic nitrogens is 2. The van der Waals surface area contributed by atoms with Gasteiger partial charge in [0, 0.05) is 22.5 Å². The predicted molar refractivity (Wildman–Crippen MR) is 210 cm³/mol. The van der Waals surface area contributed by atoms with Crippen LogP contribution in [0.5, 0.6) is 0 Å². The lowest BCUT2D eigenvalue weighted by atomic mass is 9.92. The number of fused-ring (bicyclic) bond motifs is 3. The van der Waals surface area contributed by atoms with Crippen molar-refractivity contribution in [3.05, 3.63) is 194 Å². The Balaban J connectivity index is 1.13. The SMILES string of the molecule is c1ccc(-c2ccc(-c3cc(-c4ccc(-c5ccccc5)cc4)cc(-c4ccc(-c5nc6ccccc6c6ccccc56)nc4)c3)cc2)cc1. The normalized spacial score (nSPS) is 11.2. The van der Waals surface area contributed by atoms with Gasteiger partial charge in [-0.25, -0.2) is 4.98 Å². The van der Waals surface area contributed by atoms with Crippen LogP contribution in [0, 0.1) is 0 Å². The number of nitrogens with zero attached hydrogens (tertiary/aromatic N) is 2. The van der Waals surface area contributed by atoms with E-state index in [9.17, 15) is 0 Å². The lowest BCUT2D eigenvalue weighted by molar-refractivity contribution is 1.29. The van der Waals surface area contributed by atoms with Gasteiger partial charge in [0.2, 0.25) is 0 Å². The maximum atomic E-state index is 5.08. The molecule has 0 saturated carbocycles. The van der Waals surface area contributed by atoms with Gasteiger partial charge in [-0.05, 0) is 85.8 Å². The molecule has 50 heavy (non-hydrogen) atoms. The molecule has 0 radical (unpaired) electrons. The van der Waals surface area contributed by atoms with E-state index in [-0.39, 0.29) is 0 Å². The lowest BCUT2D eigenvalue weighted by Crippen LogP contribution is -1.92. The Morgan fingerprint density at radius 3 is 1.20 bits per heavy atom. The summed E-state index contributed by atoms with van der Waals surface area (Å²) in [5, 5.41) is 3.45. The summed E-state index contributed by atoms with van der Waals surface area (Å²) in [6.07, 6.45) is 1.99. The van der Waals surface area contributed by atoms with E-state index in [1.54, 1.807) is 0 Å². The van der Waals surface area contributed by atoms with Crippen LogP contribution in [0.1, 0.15) is 0 Å². The summed E-state index contributed by atoms with van der Waals surface area (Å²) in [5.41, 5.74) is 14.4. The molecule has 0 aliphatic heterocycles. The number of para-hydroxylation sites is 1. The second-order valence-corrected chi connectivity index (χ2v) is 12.6. The molecule has 9 rings (SSSR count). The number of benzene rings is 7. The molecule has 0 N–H and O–H groups in total. The first kappa shape index (κ1) is 29.5. The van der Waals surface area contributed by atoms with Gasteiger partial charge in [0.15, 0.2) is 0 Å². The Hall–Kier alpha value is -6.64. The van der Waals surface area contributed by atoms with Gasteiger partial charge in [-0.3, -0.25) is 4.98 Å². The summed E-state index contributed by atoms with van der Waals surface area (Å²) in [6, 6.07) is 66.7. The summed E-state index contributed by atoms with van der Waals surface area (Å²) in [4.78, 5) is 10.1. The van der Waals surface area contributed by atoms with Gasteiger partial charge >= 0.3 is 0 Å². The number of rotatable bonds is 6. The topological polar surface area (TPSA) is 25.8 Å². The van der Waals surface area contributed by atoms with Crippen LogP contribution in [-0.4, -0.2) is 9.97 Å². The fraction of sp³-hybridized carbons (Fsp3) is 0. The van der Waals surface area contributed by atoms with Gasteiger partial charge in [0.1, 0.15) is 0 Å². The van der Waals surface area contributed by atoms with E-state index in [1.165, 1.54) is 38.8 Å². The minimum absolute atomic E-state index is 0.861. The fourth-order valence-corrected chi connectivity index (χ4v) is 6.90. The third-order valence-electron chi connectivity index (χ3n) is 9.53. The molecule has 0 aliphatic rings. The van der Waals surface area contributed by atoms with Crippen molar-refractivity contribution in [1.29, 1.82) is 0 Å². The lowest BCUT2D eigenvalue weighted by Gasteiger charge is -2.13. The van der Waals surface area contributed by atoms with Crippen molar-refractivity contribution in [2.45, 2.75) is 0 Å². The third kappa shape index (κ3) is 5.63. The minimum Gasteiger partial charge on any atom is -0.254 e. The van der Waals surface area contributed by atoms with Gasteiger partial charge in [-0.2, -0.15) is 0 Å². The molecule has 2 heteroatoms. The van der Waals surface area contributed by atoms with Crippen molar-refractivity contribution >= 4 is 21.7 Å². The van der Waals surface area contributed by atoms with E-state index in [0.29, 0.717) is 0 Å². The molecule has 2 heterocycles. The summed E-state index contributed by atoms with van der Waals surface area (Å²) >= 11 is 0. The van der Waals surface area contributed by atoms with Crippen molar-refractivity contribution in [2.24, 2.45) is 0 Å². The Bertz CT molecular complexity index is 2490. The van der Waals surface area contributed by atoms with Crippen molar-refractivity contribution in [2.75, 3.05) is 0 Å². The van der Waals surface area contributed by atoms with E-state index >= 15 is 0 Å². The summed E-state index contributed by atoms with van der Waals surface area (Å²) in [6.45, 7) is 0. The Labute approximate surface area is 292 Å². The van der Waals surface area contributed by atoms with Gasteiger partial charge < -0.3 is 0 Å². The summed E-state index contributed by atoms with van der Waals surface area (Å²) < 4.78 is 0. The molecule has 0 atom stereocenters. The van der Waals surface area contributed by atoms with Crippen LogP contribution in [0.25, 0.3) is 88.7 Å². The number of hydrogen-bond acceptors (Lipinski definition) is 2. The molecule has 234 valence electrons. The minimum atomic E-state index is 0.861. The van der Waals surface area contributed by atoms with E-state index in [2.05, 4.69) is 182 Å². The molecule has 2 nitrogen and oxygen atoms in total. The second-order valence-electron chi connectivity index (χ2n) is 12.6. The van der Waals surface area contributed by atoms with Crippen molar-refractivity contribution in [3.8, 4) is 67.0 Å². The molecule has 0 amide bonds. The van der Waals surface area contributed by atoms with Gasteiger partial charge in [0.05, 0.1) is 16.9 Å². The first-order valence-electron chi connectivity index (χ1n) is 17.0. The molecule has 0 spiro atoms. The first-order chi connectivity index (χ1) is 24.8. The van der Waals surface area contributed by atoms with E-state index in [4.69, 9.17) is 9.97 Å². The van der Waals surface area contributed by atoms with Gasteiger partial charge in [0.25, 0.3) is 0 Å². The zero-order valence-electron chi connectivity index (χ0n) is 27.4. The van der Waals surface area contributed by atoms with Crippen LogP contribution < -0.4 is 0 Å². The van der Waals surface area contributed by atoms with Crippen LogP contribution in [0.2, 0.25) is 0 Å². The average molecular weight is 637 g/mol. The van der Waals surface area contributed by atoms with Crippen molar-refractivity contribution in [3.63, 3.8) is 0 Å². The highest BCUT2D eigenvalue weighted by Crippen LogP contribution is 2.36. The molecule has 9 aromatic rings. The molecule has 0 aliphatic carbocycles. The third-order valence-corrected chi connectivity index (χ3v) is 9.53. The zero-order chi connectivity index (χ0) is 33.3.